The SMILES string of the molecule is Cc1ccc(C(=O)NCc2ncn[nH]2)c(NN)c1. The van der Waals surface area contributed by atoms with E-state index in [0.29, 0.717) is 17.1 Å². The van der Waals surface area contributed by atoms with Gasteiger partial charge in [-0.3, -0.25) is 15.7 Å². The molecule has 1 aromatic carbocycles. The van der Waals surface area contributed by atoms with Gasteiger partial charge < -0.3 is 10.7 Å². The smallest absolute Gasteiger partial charge is 0.253 e. The molecule has 0 aliphatic carbocycles. The first-order valence-corrected chi connectivity index (χ1v) is 5.40. The summed E-state index contributed by atoms with van der Waals surface area (Å²) in [6.07, 6.45) is 1.39. The van der Waals surface area contributed by atoms with Crippen LogP contribution in [0.1, 0.15) is 21.7 Å². The minimum Gasteiger partial charge on any atom is -0.345 e. The van der Waals surface area contributed by atoms with Crippen LogP contribution < -0.4 is 16.6 Å². The number of nitrogens with zero attached hydrogens (tertiary/aromatic N) is 2. The number of hydrogen-bond donors (Lipinski definition) is 4. The van der Waals surface area contributed by atoms with Crippen molar-refractivity contribution in [1.82, 2.24) is 20.5 Å². The van der Waals surface area contributed by atoms with Crippen molar-refractivity contribution in [2.24, 2.45) is 5.84 Å². The zero-order valence-corrected chi connectivity index (χ0v) is 9.90. The maximum absolute atomic E-state index is 12.0. The molecule has 0 aliphatic heterocycles. The number of anilines is 1. The lowest BCUT2D eigenvalue weighted by Crippen LogP contribution is -2.25. The van der Waals surface area contributed by atoms with Crippen LogP contribution in [-0.2, 0) is 6.54 Å². The fourth-order valence-corrected chi connectivity index (χ4v) is 1.55. The Morgan fingerprint density at radius 1 is 1.50 bits per heavy atom. The molecule has 94 valence electrons. The summed E-state index contributed by atoms with van der Waals surface area (Å²) in [5.41, 5.74) is 4.61. The highest BCUT2D eigenvalue weighted by molar-refractivity contribution is 5.99. The van der Waals surface area contributed by atoms with Gasteiger partial charge in [0, 0.05) is 0 Å². The van der Waals surface area contributed by atoms with Crippen LogP contribution in [0.3, 0.4) is 0 Å². The average molecular weight is 246 g/mol. The lowest BCUT2D eigenvalue weighted by atomic mass is 10.1. The van der Waals surface area contributed by atoms with Crippen LogP contribution in [-0.4, -0.2) is 21.1 Å². The van der Waals surface area contributed by atoms with E-state index in [2.05, 4.69) is 25.9 Å². The van der Waals surface area contributed by atoms with E-state index >= 15 is 0 Å². The van der Waals surface area contributed by atoms with Gasteiger partial charge in [0.25, 0.3) is 5.91 Å². The lowest BCUT2D eigenvalue weighted by molar-refractivity contribution is 0.0950. The standard InChI is InChI=1S/C11H14N6O/c1-7-2-3-8(9(4-7)16-12)11(18)13-5-10-14-6-15-17-10/h2-4,6,16H,5,12H2,1H3,(H,13,18)(H,14,15,17). The lowest BCUT2D eigenvalue weighted by Gasteiger charge is -2.09. The van der Waals surface area contributed by atoms with E-state index in [1.54, 1.807) is 6.07 Å². The molecule has 0 saturated carbocycles. The van der Waals surface area contributed by atoms with E-state index in [1.807, 2.05) is 19.1 Å². The van der Waals surface area contributed by atoms with Gasteiger partial charge in [-0.2, -0.15) is 5.10 Å². The van der Waals surface area contributed by atoms with Gasteiger partial charge in [-0.1, -0.05) is 6.07 Å². The highest BCUT2D eigenvalue weighted by atomic mass is 16.1. The second kappa shape index (κ2) is 5.28. The van der Waals surface area contributed by atoms with E-state index in [0.717, 1.165) is 5.56 Å². The molecule has 0 saturated heterocycles. The van der Waals surface area contributed by atoms with Gasteiger partial charge in [-0.05, 0) is 24.6 Å². The number of H-pyrrole nitrogens is 1. The van der Waals surface area contributed by atoms with Crippen molar-refractivity contribution in [2.45, 2.75) is 13.5 Å². The number of aromatic amines is 1. The summed E-state index contributed by atoms with van der Waals surface area (Å²) < 4.78 is 0. The predicted molar refractivity (Wildman–Crippen MR) is 66.5 cm³/mol. The molecule has 0 fully saturated rings. The molecule has 0 bridgehead atoms. The number of aryl methyl sites for hydroxylation is 1. The molecule has 2 aromatic rings. The molecule has 7 nitrogen and oxygen atoms in total. The topological polar surface area (TPSA) is 109 Å². The van der Waals surface area contributed by atoms with Crippen LogP contribution >= 0.6 is 0 Å². The number of amides is 1. The summed E-state index contributed by atoms with van der Waals surface area (Å²) in [7, 11) is 0. The number of carbonyl (C=O) groups is 1. The highest BCUT2D eigenvalue weighted by Crippen LogP contribution is 2.16. The van der Waals surface area contributed by atoms with Crippen LogP contribution in [0.2, 0.25) is 0 Å². The zero-order chi connectivity index (χ0) is 13.0. The molecule has 18 heavy (non-hydrogen) atoms. The van der Waals surface area contributed by atoms with Crippen LogP contribution in [0, 0.1) is 6.92 Å². The monoisotopic (exact) mass is 246 g/mol. The maximum atomic E-state index is 12.0. The molecule has 7 heteroatoms. The summed E-state index contributed by atoms with van der Waals surface area (Å²) in [5.74, 6) is 5.76. The summed E-state index contributed by atoms with van der Waals surface area (Å²) in [6.45, 7) is 2.22. The van der Waals surface area contributed by atoms with Crippen molar-refractivity contribution in [1.29, 1.82) is 0 Å². The molecule has 0 radical (unpaired) electrons. The van der Waals surface area contributed by atoms with Gasteiger partial charge in [-0.25, -0.2) is 4.98 Å². The van der Waals surface area contributed by atoms with Crippen molar-refractivity contribution in [3.05, 3.63) is 41.5 Å². The molecule has 0 unspecified atom stereocenters. The maximum Gasteiger partial charge on any atom is 0.253 e. The van der Waals surface area contributed by atoms with E-state index in [4.69, 9.17) is 5.84 Å². The van der Waals surface area contributed by atoms with Crippen molar-refractivity contribution in [3.63, 3.8) is 0 Å². The fraction of sp³-hybridized carbons (Fsp3) is 0.182. The Hall–Kier alpha value is -2.41. The summed E-state index contributed by atoms with van der Waals surface area (Å²) in [6, 6.07) is 5.38. The third kappa shape index (κ3) is 2.64. The molecule has 1 amide bonds. The first kappa shape index (κ1) is 12.1. The van der Waals surface area contributed by atoms with Crippen LogP contribution in [0.5, 0.6) is 0 Å². The normalized spacial score (nSPS) is 10.1. The third-order valence-electron chi connectivity index (χ3n) is 2.46. The Morgan fingerprint density at radius 3 is 3.00 bits per heavy atom. The molecular weight excluding hydrogens is 232 g/mol. The minimum absolute atomic E-state index is 0.223. The third-order valence-corrected chi connectivity index (χ3v) is 2.46. The van der Waals surface area contributed by atoms with E-state index < -0.39 is 0 Å². The van der Waals surface area contributed by atoms with Crippen molar-refractivity contribution >= 4 is 11.6 Å². The Bertz CT molecular complexity index is 536. The molecular formula is C11H14N6O. The van der Waals surface area contributed by atoms with E-state index in [-0.39, 0.29) is 12.5 Å². The quantitative estimate of drug-likeness (QED) is 0.459. The van der Waals surface area contributed by atoms with E-state index in [9.17, 15) is 4.79 Å². The van der Waals surface area contributed by atoms with Crippen LogP contribution in [0.4, 0.5) is 5.69 Å². The zero-order valence-electron chi connectivity index (χ0n) is 9.90. The Kier molecular flexibility index (Phi) is 3.54. The van der Waals surface area contributed by atoms with Crippen LogP contribution in [0.15, 0.2) is 24.5 Å². The van der Waals surface area contributed by atoms with Gasteiger partial charge in [0.2, 0.25) is 0 Å². The van der Waals surface area contributed by atoms with Gasteiger partial charge in [-0.15, -0.1) is 0 Å². The highest BCUT2D eigenvalue weighted by Gasteiger charge is 2.11. The summed E-state index contributed by atoms with van der Waals surface area (Å²) in [5, 5.41) is 9.09. The number of nitrogens with two attached hydrogens (primary N) is 1. The Labute approximate surface area is 104 Å². The van der Waals surface area contributed by atoms with Crippen molar-refractivity contribution < 1.29 is 4.79 Å². The molecule has 1 aromatic heterocycles. The molecule has 0 spiro atoms. The van der Waals surface area contributed by atoms with Gasteiger partial charge >= 0.3 is 0 Å². The first-order chi connectivity index (χ1) is 8.70. The van der Waals surface area contributed by atoms with Gasteiger partial charge in [0.1, 0.15) is 12.2 Å². The van der Waals surface area contributed by atoms with Crippen molar-refractivity contribution in [2.75, 3.05) is 5.43 Å². The molecule has 1 heterocycles. The van der Waals surface area contributed by atoms with E-state index in [1.165, 1.54) is 6.33 Å². The number of nitrogen functional groups attached to an aromatic ring is 1. The molecule has 0 atom stereocenters. The largest absolute Gasteiger partial charge is 0.345 e. The second-order valence-electron chi connectivity index (χ2n) is 3.81. The number of hydrazine groups is 1. The number of nitrogens with one attached hydrogen (secondary N) is 3. The molecule has 0 aliphatic rings. The first-order valence-electron chi connectivity index (χ1n) is 5.40. The predicted octanol–water partition coefficient (Wildman–Crippen LogP) is 0.329. The number of hydrogen-bond acceptors (Lipinski definition) is 5. The second-order valence-corrected chi connectivity index (χ2v) is 3.81. The number of benzene rings is 1. The number of aromatic nitrogens is 3. The fourth-order valence-electron chi connectivity index (χ4n) is 1.55. The molecule has 2 rings (SSSR count). The van der Waals surface area contributed by atoms with Crippen molar-refractivity contribution in [3.8, 4) is 0 Å². The van der Waals surface area contributed by atoms with Gasteiger partial charge in [0.15, 0.2) is 0 Å². The summed E-state index contributed by atoms with van der Waals surface area (Å²) in [4.78, 5) is 15.9. The Morgan fingerprint density at radius 2 is 2.33 bits per heavy atom. The minimum atomic E-state index is -0.223. The summed E-state index contributed by atoms with van der Waals surface area (Å²) >= 11 is 0. The van der Waals surface area contributed by atoms with Crippen LogP contribution in [0.25, 0.3) is 0 Å². The molecule has 5 N–H and O–H groups in total. The number of carbonyl (C=O) groups excluding carboxylic acids is 1. The Balaban J connectivity index is 2.09. The van der Waals surface area contributed by atoms with Gasteiger partial charge in [0.05, 0.1) is 17.8 Å². The number of rotatable bonds is 4. The average Bonchev–Trinajstić information content (AvgIpc) is 2.88.